The van der Waals surface area contributed by atoms with Crippen LogP contribution in [0.4, 0.5) is 10.5 Å². The third kappa shape index (κ3) is 4.06. The van der Waals surface area contributed by atoms with E-state index in [4.69, 9.17) is 9.47 Å². The highest BCUT2D eigenvalue weighted by atomic mass is 16.5. The van der Waals surface area contributed by atoms with Crippen molar-refractivity contribution in [3.8, 4) is 16.9 Å². The average Bonchev–Trinajstić information content (AvgIpc) is 2.62. The monoisotopic (exact) mass is 326 g/mol. The van der Waals surface area contributed by atoms with Crippen molar-refractivity contribution in [1.29, 1.82) is 0 Å². The van der Waals surface area contributed by atoms with Crippen molar-refractivity contribution in [3.05, 3.63) is 48.5 Å². The van der Waals surface area contributed by atoms with Crippen LogP contribution >= 0.6 is 0 Å². The number of ether oxygens (including phenoxy) is 2. The Morgan fingerprint density at radius 2 is 1.92 bits per heavy atom. The van der Waals surface area contributed by atoms with Gasteiger partial charge in [-0.3, -0.25) is 0 Å². The van der Waals surface area contributed by atoms with Gasteiger partial charge in [-0.2, -0.15) is 0 Å². The fourth-order valence-electron chi connectivity index (χ4n) is 2.84. The molecule has 126 valence electrons. The number of hydrogen-bond acceptors (Lipinski definition) is 3. The normalized spacial score (nSPS) is 14.9. The minimum absolute atomic E-state index is 0.177. The van der Waals surface area contributed by atoms with Gasteiger partial charge < -0.3 is 20.1 Å². The summed E-state index contributed by atoms with van der Waals surface area (Å²) < 4.78 is 10.7. The van der Waals surface area contributed by atoms with Gasteiger partial charge in [0.15, 0.2) is 0 Å². The number of nitrogens with one attached hydrogen (secondary N) is 2. The lowest BCUT2D eigenvalue weighted by Crippen LogP contribution is -2.41. The second-order valence-corrected chi connectivity index (χ2v) is 5.77. The molecule has 1 fully saturated rings. The predicted molar refractivity (Wildman–Crippen MR) is 94.4 cm³/mol. The van der Waals surface area contributed by atoms with E-state index in [-0.39, 0.29) is 12.1 Å². The molecule has 2 N–H and O–H groups in total. The summed E-state index contributed by atoms with van der Waals surface area (Å²) in [6, 6.07) is 15.6. The topological polar surface area (TPSA) is 59.6 Å². The first-order valence-corrected chi connectivity index (χ1v) is 8.15. The third-order valence-corrected chi connectivity index (χ3v) is 4.09. The summed E-state index contributed by atoms with van der Waals surface area (Å²) in [6.07, 6.45) is 1.71. The van der Waals surface area contributed by atoms with E-state index in [9.17, 15) is 4.79 Å². The number of benzene rings is 2. The van der Waals surface area contributed by atoms with Crippen LogP contribution in [0, 0.1) is 0 Å². The smallest absolute Gasteiger partial charge is 0.319 e. The van der Waals surface area contributed by atoms with E-state index in [0.29, 0.717) is 13.2 Å². The number of carbonyl (C=O) groups excluding carboxylic acids is 1. The molecule has 5 nitrogen and oxygen atoms in total. The Balaban J connectivity index is 1.70. The predicted octanol–water partition coefficient (Wildman–Crippen LogP) is 3.66. The molecule has 0 aliphatic carbocycles. The maximum Gasteiger partial charge on any atom is 0.319 e. The maximum absolute atomic E-state index is 12.2. The Morgan fingerprint density at radius 1 is 1.12 bits per heavy atom. The van der Waals surface area contributed by atoms with Crippen LogP contribution in [0.15, 0.2) is 48.5 Å². The van der Waals surface area contributed by atoms with Crippen molar-refractivity contribution in [2.45, 2.75) is 18.9 Å². The molecule has 0 aromatic heterocycles. The molecule has 2 aromatic carbocycles. The minimum atomic E-state index is -0.181. The van der Waals surface area contributed by atoms with E-state index < -0.39 is 0 Å². The molecule has 1 saturated heterocycles. The highest BCUT2D eigenvalue weighted by Crippen LogP contribution is 2.30. The van der Waals surface area contributed by atoms with Crippen molar-refractivity contribution in [2.24, 2.45) is 0 Å². The molecule has 0 radical (unpaired) electrons. The van der Waals surface area contributed by atoms with Crippen LogP contribution in [0.5, 0.6) is 5.75 Å². The van der Waals surface area contributed by atoms with Crippen LogP contribution in [-0.4, -0.2) is 32.4 Å². The van der Waals surface area contributed by atoms with Crippen LogP contribution in [0.2, 0.25) is 0 Å². The summed E-state index contributed by atoms with van der Waals surface area (Å²) in [6.45, 7) is 1.41. The van der Waals surface area contributed by atoms with E-state index in [2.05, 4.69) is 10.6 Å². The van der Waals surface area contributed by atoms with E-state index in [0.717, 1.165) is 35.4 Å². The number of hydrogen-bond donors (Lipinski definition) is 2. The van der Waals surface area contributed by atoms with Gasteiger partial charge in [-0.25, -0.2) is 4.79 Å². The lowest BCUT2D eigenvalue weighted by molar-refractivity contribution is 0.0806. The standard InChI is InChI=1S/C19H22N2O3/c1-23-18-8-3-2-7-17(18)14-5-4-6-16(13-14)21-19(22)20-15-9-11-24-12-10-15/h2-8,13,15H,9-12H2,1H3,(H2,20,21,22). The second kappa shape index (κ2) is 7.84. The van der Waals surface area contributed by atoms with Crippen LogP contribution in [0.3, 0.4) is 0 Å². The van der Waals surface area contributed by atoms with Gasteiger partial charge in [0.25, 0.3) is 0 Å². The molecular formula is C19H22N2O3. The first-order chi connectivity index (χ1) is 11.8. The zero-order valence-electron chi connectivity index (χ0n) is 13.7. The molecule has 2 aromatic rings. The SMILES string of the molecule is COc1ccccc1-c1cccc(NC(=O)NC2CCOCC2)c1. The van der Waals surface area contributed by atoms with E-state index in [1.54, 1.807) is 7.11 Å². The highest BCUT2D eigenvalue weighted by molar-refractivity contribution is 5.90. The minimum Gasteiger partial charge on any atom is -0.496 e. The molecule has 5 heteroatoms. The second-order valence-electron chi connectivity index (χ2n) is 5.77. The molecule has 0 atom stereocenters. The average molecular weight is 326 g/mol. The van der Waals surface area contributed by atoms with Crippen molar-refractivity contribution >= 4 is 11.7 Å². The molecule has 24 heavy (non-hydrogen) atoms. The number of rotatable bonds is 4. The summed E-state index contributed by atoms with van der Waals surface area (Å²) in [5.41, 5.74) is 2.74. The molecule has 0 spiro atoms. The van der Waals surface area contributed by atoms with E-state index >= 15 is 0 Å². The zero-order chi connectivity index (χ0) is 16.8. The molecule has 1 heterocycles. The van der Waals surface area contributed by atoms with Gasteiger partial charge in [0.1, 0.15) is 5.75 Å². The quantitative estimate of drug-likeness (QED) is 0.901. The number of methoxy groups -OCH3 is 1. The molecule has 1 aliphatic heterocycles. The van der Waals surface area contributed by atoms with Crippen molar-refractivity contribution < 1.29 is 14.3 Å². The van der Waals surface area contributed by atoms with Crippen molar-refractivity contribution in [1.82, 2.24) is 5.32 Å². The third-order valence-electron chi connectivity index (χ3n) is 4.09. The van der Waals surface area contributed by atoms with Gasteiger partial charge in [-0.1, -0.05) is 30.3 Å². The first-order valence-electron chi connectivity index (χ1n) is 8.15. The van der Waals surface area contributed by atoms with E-state index in [1.807, 2.05) is 48.5 Å². The molecule has 1 aliphatic rings. The molecule has 0 bridgehead atoms. The molecule has 2 amide bonds. The summed E-state index contributed by atoms with van der Waals surface area (Å²) in [5.74, 6) is 0.807. The van der Waals surface area contributed by atoms with Crippen LogP contribution in [0.1, 0.15) is 12.8 Å². The Hall–Kier alpha value is -2.53. The van der Waals surface area contributed by atoms with Gasteiger partial charge in [-0.05, 0) is 36.6 Å². The molecule has 0 saturated carbocycles. The van der Waals surface area contributed by atoms with Gasteiger partial charge in [-0.15, -0.1) is 0 Å². The first kappa shape index (κ1) is 16.3. The Kier molecular flexibility index (Phi) is 5.33. The Morgan fingerprint density at radius 3 is 2.71 bits per heavy atom. The van der Waals surface area contributed by atoms with Crippen molar-refractivity contribution in [2.75, 3.05) is 25.6 Å². The van der Waals surface area contributed by atoms with Crippen LogP contribution in [-0.2, 0) is 4.74 Å². The van der Waals surface area contributed by atoms with Crippen molar-refractivity contribution in [3.63, 3.8) is 0 Å². The van der Waals surface area contributed by atoms with Gasteiger partial charge in [0, 0.05) is 30.5 Å². The summed E-state index contributed by atoms with van der Waals surface area (Å²) >= 11 is 0. The lowest BCUT2D eigenvalue weighted by atomic mass is 10.0. The fraction of sp³-hybridized carbons (Fsp3) is 0.316. The van der Waals surface area contributed by atoms with Crippen LogP contribution < -0.4 is 15.4 Å². The summed E-state index contributed by atoms with van der Waals surface area (Å²) in [5, 5.41) is 5.90. The molecular weight excluding hydrogens is 304 g/mol. The molecule has 0 unspecified atom stereocenters. The number of urea groups is 1. The number of anilines is 1. The van der Waals surface area contributed by atoms with Gasteiger partial charge in [0.2, 0.25) is 0 Å². The highest BCUT2D eigenvalue weighted by Gasteiger charge is 2.16. The van der Waals surface area contributed by atoms with Gasteiger partial charge >= 0.3 is 6.03 Å². The summed E-state index contributed by atoms with van der Waals surface area (Å²) in [4.78, 5) is 12.2. The molecule has 3 rings (SSSR count). The number of amides is 2. The number of para-hydroxylation sites is 1. The number of carbonyl (C=O) groups is 1. The lowest BCUT2D eigenvalue weighted by Gasteiger charge is -2.23. The fourth-order valence-corrected chi connectivity index (χ4v) is 2.84. The maximum atomic E-state index is 12.2. The largest absolute Gasteiger partial charge is 0.496 e. The van der Waals surface area contributed by atoms with Crippen LogP contribution in [0.25, 0.3) is 11.1 Å². The Bertz CT molecular complexity index is 697. The Labute approximate surface area is 142 Å². The van der Waals surface area contributed by atoms with E-state index in [1.165, 1.54) is 0 Å². The zero-order valence-corrected chi connectivity index (χ0v) is 13.7. The summed E-state index contributed by atoms with van der Waals surface area (Å²) in [7, 11) is 1.66. The van der Waals surface area contributed by atoms with Gasteiger partial charge in [0.05, 0.1) is 7.11 Å².